The van der Waals surface area contributed by atoms with E-state index in [1.165, 1.54) is 13.8 Å². The summed E-state index contributed by atoms with van der Waals surface area (Å²) >= 11 is 0. The smallest absolute Gasteiger partial charge is 0.374 e. The number of rotatable bonds is 6. The highest BCUT2D eigenvalue weighted by Crippen LogP contribution is 2.38. The predicted molar refractivity (Wildman–Crippen MR) is 84.4 cm³/mol. The van der Waals surface area contributed by atoms with Gasteiger partial charge in [-0.2, -0.15) is 4.39 Å². The number of guanidine groups is 1. The number of hydrogen-bond donors (Lipinski definition) is 6. The maximum Gasteiger partial charge on any atom is 0.374 e. The number of aliphatic hydroxyl groups is 3. The van der Waals surface area contributed by atoms with Gasteiger partial charge in [0.2, 0.25) is 5.91 Å². The number of amides is 1. The molecular weight excluding hydrogens is 355 g/mol. The van der Waals surface area contributed by atoms with Crippen LogP contribution in [0, 0.1) is 0 Å². The number of halogens is 1. The number of alkyl halides is 1. The SMILES string of the molecule is CCOC(=O)C1(F)OC([C@H](O)[C@H](O)CO)C(NC(C)=O)C2NC(N)=NC21. The van der Waals surface area contributed by atoms with Gasteiger partial charge in [-0.05, 0) is 6.92 Å². The molecule has 1 fully saturated rings. The second-order valence-corrected chi connectivity index (χ2v) is 6.04. The van der Waals surface area contributed by atoms with Crippen molar-refractivity contribution in [3.63, 3.8) is 0 Å². The van der Waals surface area contributed by atoms with Crippen LogP contribution in [0.25, 0.3) is 0 Å². The number of nitrogens with one attached hydrogen (secondary N) is 2. The van der Waals surface area contributed by atoms with Gasteiger partial charge in [0.25, 0.3) is 0 Å². The topological polar surface area (TPSA) is 176 Å². The normalized spacial score (nSPS) is 35.5. The van der Waals surface area contributed by atoms with Crippen molar-refractivity contribution in [2.45, 2.75) is 56.1 Å². The Hall–Kier alpha value is -2.02. The number of aliphatic hydroxyl groups excluding tert-OH is 3. The third-order valence-corrected chi connectivity index (χ3v) is 4.20. The Morgan fingerprint density at radius 3 is 2.73 bits per heavy atom. The fourth-order valence-corrected chi connectivity index (χ4v) is 3.08. The minimum atomic E-state index is -3.12. The summed E-state index contributed by atoms with van der Waals surface area (Å²) in [7, 11) is 0. The van der Waals surface area contributed by atoms with Crippen molar-refractivity contribution in [2.24, 2.45) is 10.7 Å². The number of nitrogens with two attached hydrogens (primary N) is 1. The standard InChI is InChI=1S/C14H23FN4O7/c1-3-25-12(24)14(15)11-8(18-13(16)19-11)7(17-5(2)21)10(26-14)9(23)6(22)4-20/h6-11,20,22-23H,3-4H2,1-2H3,(H,17,21)(H3,16,18,19)/t6-,7?,8?,9-,10?,11?,14?/m1/s1. The average molecular weight is 378 g/mol. The van der Waals surface area contributed by atoms with Gasteiger partial charge in [0.15, 0.2) is 5.96 Å². The molecule has 0 aromatic carbocycles. The quantitative estimate of drug-likeness (QED) is 0.256. The molecule has 11 nitrogen and oxygen atoms in total. The Kier molecular flexibility index (Phi) is 6.01. The van der Waals surface area contributed by atoms with Gasteiger partial charge < -0.3 is 41.2 Å². The monoisotopic (exact) mass is 378 g/mol. The molecule has 0 aromatic heterocycles. The summed E-state index contributed by atoms with van der Waals surface area (Å²) in [5.74, 6) is -5.23. The molecule has 148 valence electrons. The first kappa shape index (κ1) is 20.3. The van der Waals surface area contributed by atoms with Crippen molar-refractivity contribution >= 4 is 17.8 Å². The lowest BCUT2D eigenvalue weighted by molar-refractivity contribution is -0.262. The number of ether oxygens (including phenoxy) is 2. The van der Waals surface area contributed by atoms with Crippen LogP contribution in [0.5, 0.6) is 0 Å². The number of carbonyl (C=O) groups is 2. The van der Waals surface area contributed by atoms with Crippen molar-refractivity contribution in [3.8, 4) is 0 Å². The van der Waals surface area contributed by atoms with Crippen LogP contribution in [-0.2, 0) is 19.1 Å². The van der Waals surface area contributed by atoms with Crippen molar-refractivity contribution in [1.82, 2.24) is 10.6 Å². The van der Waals surface area contributed by atoms with E-state index in [-0.39, 0.29) is 12.6 Å². The van der Waals surface area contributed by atoms with Crippen LogP contribution in [0.2, 0.25) is 0 Å². The van der Waals surface area contributed by atoms with Gasteiger partial charge in [0.05, 0.1) is 25.3 Å². The third-order valence-electron chi connectivity index (χ3n) is 4.20. The van der Waals surface area contributed by atoms with Crippen molar-refractivity contribution in [1.29, 1.82) is 0 Å². The van der Waals surface area contributed by atoms with Crippen molar-refractivity contribution in [2.75, 3.05) is 13.2 Å². The first-order valence-corrected chi connectivity index (χ1v) is 8.03. The molecule has 7 atom stereocenters. The summed E-state index contributed by atoms with van der Waals surface area (Å²) in [6.45, 7) is 1.66. The summed E-state index contributed by atoms with van der Waals surface area (Å²) in [5.41, 5.74) is 5.59. The van der Waals surface area contributed by atoms with Crippen LogP contribution in [0.1, 0.15) is 13.8 Å². The van der Waals surface area contributed by atoms with E-state index < -0.39 is 60.8 Å². The maximum atomic E-state index is 15.5. The molecule has 2 aliphatic heterocycles. The van der Waals surface area contributed by atoms with Crippen molar-refractivity contribution in [3.05, 3.63) is 0 Å². The Balaban J connectivity index is 2.45. The molecule has 12 heteroatoms. The fourth-order valence-electron chi connectivity index (χ4n) is 3.08. The van der Waals surface area contributed by atoms with Crippen LogP contribution in [-0.4, -0.2) is 88.7 Å². The molecule has 2 aliphatic rings. The Bertz CT molecular complexity index is 592. The van der Waals surface area contributed by atoms with Crippen LogP contribution in [0.4, 0.5) is 4.39 Å². The lowest BCUT2D eigenvalue weighted by Gasteiger charge is -2.46. The van der Waals surface area contributed by atoms with Gasteiger partial charge in [-0.25, -0.2) is 9.79 Å². The molecule has 1 saturated heterocycles. The zero-order valence-corrected chi connectivity index (χ0v) is 14.3. The lowest BCUT2D eigenvalue weighted by atomic mass is 9.84. The average Bonchev–Trinajstić information content (AvgIpc) is 2.98. The molecule has 26 heavy (non-hydrogen) atoms. The van der Waals surface area contributed by atoms with Crippen LogP contribution in [0.15, 0.2) is 4.99 Å². The van der Waals surface area contributed by atoms with Crippen LogP contribution >= 0.6 is 0 Å². The molecule has 2 rings (SSSR count). The summed E-state index contributed by atoms with van der Waals surface area (Å²) < 4.78 is 25.4. The van der Waals surface area contributed by atoms with Crippen LogP contribution in [0.3, 0.4) is 0 Å². The summed E-state index contributed by atoms with van der Waals surface area (Å²) in [4.78, 5) is 27.5. The van der Waals surface area contributed by atoms with E-state index in [2.05, 4.69) is 15.6 Å². The van der Waals surface area contributed by atoms with E-state index in [0.29, 0.717) is 0 Å². The molecule has 0 bridgehead atoms. The number of nitrogens with zero attached hydrogens (tertiary/aromatic N) is 1. The highest BCUT2D eigenvalue weighted by Gasteiger charge is 2.64. The number of carbonyl (C=O) groups excluding carboxylic acids is 2. The van der Waals surface area contributed by atoms with Gasteiger partial charge in [-0.15, -0.1) is 0 Å². The van der Waals surface area contributed by atoms with Crippen molar-refractivity contribution < 1.29 is 38.8 Å². The van der Waals surface area contributed by atoms with Gasteiger partial charge in [0, 0.05) is 6.92 Å². The molecule has 0 radical (unpaired) electrons. The molecule has 5 unspecified atom stereocenters. The van der Waals surface area contributed by atoms with E-state index >= 15 is 4.39 Å². The lowest BCUT2D eigenvalue weighted by Crippen LogP contribution is -2.73. The highest BCUT2D eigenvalue weighted by atomic mass is 19.2. The molecule has 2 heterocycles. The van der Waals surface area contributed by atoms with E-state index in [9.17, 15) is 19.8 Å². The minimum Gasteiger partial charge on any atom is -0.462 e. The predicted octanol–water partition coefficient (Wildman–Crippen LogP) is -3.51. The molecule has 0 spiro atoms. The number of hydrogen-bond acceptors (Lipinski definition) is 10. The first-order chi connectivity index (χ1) is 12.2. The zero-order valence-electron chi connectivity index (χ0n) is 14.3. The van der Waals surface area contributed by atoms with Gasteiger partial charge in [-0.1, -0.05) is 0 Å². The first-order valence-electron chi connectivity index (χ1n) is 8.03. The molecule has 1 amide bonds. The highest BCUT2D eigenvalue weighted by molar-refractivity contribution is 5.85. The molecule has 0 saturated carbocycles. The minimum absolute atomic E-state index is 0.139. The number of aliphatic imine (C=N–C) groups is 1. The molecule has 7 N–H and O–H groups in total. The fraction of sp³-hybridized carbons (Fsp3) is 0.786. The summed E-state index contributed by atoms with van der Waals surface area (Å²) in [6, 6.07) is -3.67. The number of fused-ring (bicyclic) bond motifs is 1. The van der Waals surface area contributed by atoms with Gasteiger partial charge in [0.1, 0.15) is 24.4 Å². The van der Waals surface area contributed by atoms with E-state index in [1.807, 2.05) is 0 Å². The van der Waals surface area contributed by atoms with Gasteiger partial charge in [-0.3, -0.25) is 4.79 Å². The van der Waals surface area contributed by atoms with E-state index in [4.69, 9.17) is 20.3 Å². The molecular formula is C14H23FN4O7. The Labute approximate surface area is 148 Å². The Morgan fingerprint density at radius 2 is 2.19 bits per heavy atom. The summed E-state index contributed by atoms with van der Waals surface area (Å²) in [6.07, 6.45) is -5.14. The second kappa shape index (κ2) is 7.70. The molecule has 0 aromatic rings. The third kappa shape index (κ3) is 3.58. The number of esters is 1. The van der Waals surface area contributed by atoms with Gasteiger partial charge >= 0.3 is 11.8 Å². The second-order valence-electron chi connectivity index (χ2n) is 6.04. The maximum absolute atomic E-state index is 15.5. The zero-order chi connectivity index (χ0) is 19.6. The van der Waals surface area contributed by atoms with Crippen LogP contribution < -0.4 is 16.4 Å². The Morgan fingerprint density at radius 1 is 1.54 bits per heavy atom. The largest absolute Gasteiger partial charge is 0.462 e. The summed E-state index contributed by atoms with van der Waals surface area (Å²) in [5, 5.41) is 34.1. The molecule has 0 aliphatic carbocycles. The van der Waals surface area contributed by atoms with E-state index in [0.717, 1.165) is 0 Å². The van der Waals surface area contributed by atoms with E-state index in [1.54, 1.807) is 0 Å².